The smallest absolute Gasteiger partial charge is 0.384 e. The van der Waals surface area contributed by atoms with Gasteiger partial charge < -0.3 is 19.3 Å². The maximum atomic E-state index is 11.1. The van der Waals surface area contributed by atoms with Crippen molar-refractivity contribution in [1.82, 2.24) is 0 Å². The van der Waals surface area contributed by atoms with Gasteiger partial charge in [-0.25, -0.2) is 4.79 Å². The van der Waals surface area contributed by atoms with Crippen LogP contribution in [0.25, 0.3) is 0 Å². The lowest BCUT2D eigenvalue weighted by molar-refractivity contribution is -0.155. The highest BCUT2D eigenvalue weighted by molar-refractivity contribution is 5.88. The van der Waals surface area contributed by atoms with Crippen molar-refractivity contribution in [2.24, 2.45) is 0 Å². The van der Waals surface area contributed by atoms with Crippen LogP contribution in [0.2, 0.25) is 0 Å². The van der Waals surface area contributed by atoms with E-state index in [1.54, 1.807) is 6.92 Å². The van der Waals surface area contributed by atoms with Crippen molar-refractivity contribution in [2.45, 2.75) is 78.1 Å². The summed E-state index contributed by atoms with van der Waals surface area (Å²) in [6, 6.07) is 0. The van der Waals surface area contributed by atoms with Gasteiger partial charge in [0.25, 0.3) is 0 Å². The fourth-order valence-corrected chi connectivity index (χ4v) is 2.64. The largest absolute Gasteiger partial charge is 0.456 e. The van der Waals surface area contributed by atoms with E-state index < -0.39 is 12.1 Å². The Hall–Kier alpha value is -1.61. The van der Waals surface area contributed by atoms with Crippen LogP contribution in [0.3, 0.4) is 0 Å². The Morgan fingerprint density at radius 2 is 2.04 bits per heavy atom. The van der Waals surface area contributed by atoms with Gasteiger partial charge in [0.05, 0.1) is 13.2 Å². The summed E-state index contributed by atoms with van der Waals surface area (Å²) in [5.41, 5.74) is 2.52. The number of aliphatic hydroxyl groups is 1. The van der Waals surface area contributed by atoms with Crippen LogP contribution in [0.5, 0.6) is 0 Å². The number of hydrogen-bond donors (Lipinski definition) is 1. The molecule has 1 aliphatic rings. The SMILES string of the molecule is CCOC(=O)C#CC(O)CC/C(C)=C/CC/C(C)=C/COC1CCCCO1. The molecule has 27 heavy (non-hydrogen) atoms. The van der Waals surface area contributed by atoms with E-state index in [-0.39, 0.29) is 6.29 Å². The summed E-state index contributed by atoms with van der Waals surface area (Å²) in [6.07, 6.45) is 9.98. The van der Waals surface area contributed by atoms with E-state index in [4.69, 9.17) is 14.2 Å². The van der Waals surface area contributed by atoms with Gasteiger partial charge in [0, 0.05) is 12.5 Å². The number of rotatable bonds is 10. The molecule has 1 heterocycles. The lowest BCUT2D eigenvalue weighted by atomic mass is 10.1. The van der Waals surface area contributed by atoms with Crippen LogP contribution in [-0.4, -0.2) is 43.3 Å². The van der Waals surface area contributed by atoms with Gasteiger partial charge in [-0.1, -0.05) is 29.2 Å². The first-order valence-corrected chi connectivity index (χ1v) is 9.92. The zero-order valence-corrected chi connectivity index (χ0v) is 17.0. The molecule has 1 fully saturated rings. The molecular formula is C22H34O5. The third kappa shape index (κ3) is 12.4. The molecule has 1 N–H and O–H groups in total. The van der Waals surface area contributed by atoms with Crippen LogP contribution < -0.4 is 0 Å². The van der Waals surface area contributed by atoms with E-state index in [9.17, 15) is 9.90 Å². The summed E-state index contributed by atoms with van der Waals surface area (Å²) in [6.45, 7) is 7.58. The molecule has 1 aliphatic heterocycles. The Morgan fingerprint density at radius 3 is 2.74 bits per heavy atom. The maximum absolute atomic E-state index is 11.1. The molecule has 0 aliphatic carbocycles. The number of esters is 1. The number of ether oxygens (including phenoxy) is 3. The van der Waals surface area contributed by atoms with Crippen molar-refractivity contribution in [3.05, 3.63) is 23.3 Å². The normalized spacial score (nSPS) is 19.2. The Kier molecular flexibility index (Phi) is 12.5. The predicted molar refractivity (Wildman–Crippen MR) is 106 cm³/mol. The molecule has 5 nitrogen and oxygen atoms in total. The van der Waals surface area contributed by atoms with Gasteiger partial charge in [0.15, 0.2) is 6.29 Å². The van der Waals surface area contributed by atoms with Gasteiger partial charge >= 0.3 is 5.97 Å². The third-order valence-corrected chi connectivity index (χ3v) is 4.31. The topological polar surface area (TPSA) is 65.0 Å². The zero-order valence-electron chi connectivity index (χ0n) is 17.0. The van der Waals surface area contributed by atoms with Gasteiger partial charge in [-0.05, 0) is 65.7 Å². The standard InChI is InChI=1S/C22H34O5/c1-4-25-21(24)14-13-20(23)12-11-18(2)8-7-9-19(3)15-17-27-22-10-5-6-16-26-22/h8,15,20,22-23H,4-7,9-12,16-17H2,1-3H3/b18-8+,19-15+. The molecule has 1 rings (SSSR count). The molecule has 5 heteroatoms. The molecule has 0 radical (unpaired) electrons. The van der Waals surface area contributed by atoms with Crippen molar-refractivity contribution >= 4 is 5.97 Å². The molecule has 0 aromatic carbocycles. The molecule has 2 atom stereocenters. The number of aliphatic hydroxyl groups excluding tert-OH is 1. The average molecular weight is 379 g/mol. The Balaban J connectivity index is 2.19. The first kappa shape index (κ1) is 23.4. The highest BCUT2D eigenvalue weighted by atomic mass is 16.7. The van der Waals surface area contributed by atoms with Crippen LogP contribution in [0.1, 0.15) is 65.7 Å². The number of carbonyl (C=O) groups excluding carboxylic acids is 1. The maximum Gasteiger partial charge on any atom is 0.384 e. The van der Waals surface area contributed by atoms with Gasteiger partial charge in [0.1, 0.15) is 6.10 Å². The summed E-state index contributed by atoms with van der Waals surface area (Å²) in [5, 5.41) is 9.79. The molecule has 0 bridgehead atoms. The summed E-state index contributed by atoms with van der Waals surface area (Å²) in [7, 11) is 0. The summed E-state index contributed by atoms with van der Waals surface area (Å²) >= 11 is 0. The van der Waals surface area contributed by atoms with Crippen molar-refractivity contribution in [3.63, 3.8) is 0 Å². The Morgan fingerprint density at radius 1 is 1.26 bits per heavy atom. The van der Waals surface area contributed by atoms with E-state index in [0.29, 0.717) is 19.6 Å². The van der Waals surface area contributed by atoms with Crippen molar-refractivity contribution in [2.75, 3.05) is 19.8 Å². The molecule has 0 amide bonds. The molecule has 0 spiro atoms. The minimum absolute atomic E-state index is 0.0386. The molecule has 0 aromatic rings. The fourth-order valence-electron chi connectivity index (χ4n) is 2.64. The van der Waals surface area contributed by atoms with Crippen LogP contribution in [0.4, 0.5) is 0 Å². The van der Waals surface area contributed by atoms with Gasteiger partial charge in [-0.15, -0.1) is 0 Å². The number of carbonyl (C=O) groups is 1. The van der Waals surface area contributed by atoms with Crippen LogP contribution in [0, 0.1) is 11.8 Å². The van der Waals surface area contributed by atoms with Crippen LogP contribution in [-0.2, 0) is 19.0 Å². The molecule has 1 saturated heterocycles. The third-order valence-electron chi connectivity index (χ3n) is 4.31. The highest BCUT2D eigenvalue weighted by Gasteiger charge is 2.12. The zero-order chi connectivity index (χ0) is 19.9. The average Bonchev–Trinajstić information content (AvgIpc) is 2.66. The molecule has 0 saturated carbocycles. The molecular weight excluding hydrogens is 344 g/mol. The molecule has 0 aromatic heterocycles. The van der Waals surface area contributed by atoms with E-state index in [0.717, 1.165) is 38.7 Å². The first-order valence-electron chi connectivity index (χ1n) is 9.92. The summed E-state index contributed by atoms with van der Waals surface area (Å²) in [4.78, 5) is 11.1. The first-order chi connectivity index (χ1) is 13.0. The second-order valence-corrected chi connectivity index (χ2v) is 6.81. The van der Waals surface area contributed by atoms with E-state index in [1.807, 2.05) is 6.92 Å². The van der Waals surface area contributed by atoms with Crippen molar-refractivity contribution in [1.29, 1.82) is 0 Å². The van der Waals surface area contributed by atoms with E-state index in [2.05, 4.69) is 30.9 Å². The van der Waals surface area contributed by atoms with Gasteiger partial charge in [-0.3, -0.25) is 0 Å². The quantitative estimate of drug-likeness (QED) is 0.270. The Bertz CT molecular complexity index is 547. The highest BCUT2D eigenvalue weighted by Crippen LogP contribution is 2.15. The number of hydrogen-bond acceptors (Lipinski definition) is 5. The van der Waals surface area contributed by atoms with E-state index in [1.165, 1.54) is 17.6 Å². The summed E-state index contributed by atoms with van der Waals surface area (Å²) < 4.78 is 16.0. The minimum Gasteiger partial charge on any atom is -0.456 e. The minimum atomic E-state index is -0.807. The Labute approximate surface area is 163 Å². The van der Waals surface area contributed by atoms with Gasteiger partial charge in [0.2, 0.25) is 0 Å². The van der Waals surface area contributed by atoms with Crippen LogP contribution in [0.15, 0.2) is 23.3 Å². The lowest BCUT2D eigenvalue weighted by Gasteiger charge is -2.22. The monoisotopic (exact) mass is 378 g/mol. The molecule has 152 valence electrons. The lowest BCUT2D eigenvalue weighted by Crippen LogP contribution is -2.22. The number of allylic oxidation sites excluding steroid dienone is 3. The van der Waals surface area contributed by atoms with E-state index >= 15 is 0 Å². The second kappa shape index (κ2) is 14.4. The fraction of sp³-hybridized carbons (Fsp3) is 0.682. The molecule has 2 unspecified atom stereocenters. The second-order valence-electron chi connectivity index (χ2n) is 6.81. The predicted octanol–water partition coefficient (Wildman–Crippen LogP) is 3.91. The van der Waals surface area contributed by atoms with Gasteiger partial charge in [-0.2, -0.15) is 0 Å². The van der Waals surface area contributed by atoms with Crippen LogP contribution >= 0.6 is 0 Å². The summed E-state index contributed by atoms with van der Waals surface area (Å²) in [5.74, 6) is 4.22. The van der Waals surface area contributed by atoms with Crippen molar-refractivity contribution < 1.29 is 24.1 Å². The van der Waals surface area contributed by atoms with Crippen molar-refractivity contribution in [3.8, 4) is 11.8 Å².